The molecule has 0 bridgehead atoms. The fourth-order valence-electron chi connectivity index (χ4n) is 2.83. The number of thioether (sulfide) groups is 1. The number of nitrogens with zero attached hydrogens (tertiary/aromatic N) is 1. The maximum absolute atomic E-state index is 13.0. The Bertz CT molecular complexity index is 1320. The first-order chi connectivity index (χ1) is 14.5. The first kappa shape index (κ1) is 19.9. The summed E-state index contributed by atoms with van der Waals surface area (Å²) in [5.74, 6) is 0.662. The highest BCUT2D eigenvalue weighted by Crippen LogP contribution is 2.27. The predicted molar refractivity (Wildman–Crippen MR) is 112 cm³/mol. The lowest BCUT2D eigenvalue weighted by atomic mass is 10.1. The van der Waals surface area contributed by atoms with Crippen molar-refractivity contribution in [1.82, 2.24) is 9.97 Å². The van der Waals surface area contributed by atoms with Crippen LogP contribution in [0.1, 0.15) is 16.7 Å². The first-order valence-corrected chi connectivity index (χ1v) is 10.1. The second-order valence-electron chi connectivity index (χ2n) is 6.65. The van der Waals surface area contributed by atoms with Crippen molar-refractivity contribution in [2.24, 2.45) is 0 Å². The summed E-state index contributed by atoms with van der Waals surface area (Å²) in [6.45, 7) is 1.95. The van der Waals surface area contributed by atoms with Gasteiger partial charge >= 0.3 is 5.63 Å². The summed E-state index contributed by atoms with van der Waals surface area (Å²) in [6, 6.07) is 12.7. The van der Waals surface area contributed by atoms with Gasteiger partial charge in [0.1, 0.15) is 23.8 Å². The molecular formula is C22H17FN2O4S. The molecule has 8 heteroatoms. The molecular weight excluding hydrogens is 407 g/mol. The minimum atomic E-state index is -0.473. The fraction of sp³-hybridized carbons (Fsp3) is 0.136. The molecule has 0 spiro atoms. The highest BCUT2D eigenvalue weighted by Gasteiger charge is 2.09. The van der Waals surface area contributed by atoms with E-state index in [1.165, 1.54) is 36.2 Å². The Morgan fingerprint density at radius 1 is 1.13 bits per heavy atom. The molecule has 6 nitrogen and oxygen atoms in total. The van der Waals surface area contributed by atoms with Gasteiger partial charge in [0.15, 0.2) is 5.16 Å². The van der Waals surface area contributed by atoms with Gasteiger partial charge in [-0.1, -0.05) is 23.9 Å². The third-order valence-corrected chi connectivity index (χ3v) is 5.38. The predicted octanol–water partition coefficient (Wildman–Crippen LogP) is 4.20. The average molecular weight is 424 g/mol. The molecule has 0 saturated carbocycles. The van der Waals surface area contributed by atoms with Crippen LogP contribution in [0.15, 0.2) is 73.9 Å². The number of halogens is 1. The van der Waals surface area contributed by atoms with Gasteiger partial charge in [-0.15, -0.1) is 0 Å². The van der Waals surface area contributed by atoms with E-state index in [0.29, 0.717) is 27.8 Å². The number of rotatable bonds is 6. The van der Waals surface area contributed by atoms with Crippen LogP contribution in [0.4, 0.5) is 4.39 Å². The van der Waals surface area contributed by atoms with E-state index in [2.05, 4.69) is 9.97 Å². The summed E-state index contributed by atoms with van der Waals surface area (Å²) >= 11 is 1.32. The molecule has 0 aliphatic rings. The number of aromatic amines is 1. The molecule has 0 radical (unpaired) electrons. The molecule has 152 valence electrons. The maximum Gasteiger partial charge on any atom is 0.336 e. The standard InChI is InChI=1S/C22H17FN2O4S/c1-13-10-24-22(25-21(13)27)30-12-15-8-20(26)29-19-9-17(6-7-18(15)19)28-11-14-2-4-16(23)5-3-14/h2-10H,11-12H2,1H3,(H,24,25,27). The summed E-state index contributed by atoms with van der Waals surface area (Å²) in [5, 5.41) is 1.25. The van der Waals surface area contributed by atoms with Gasteiger partial charge in [0, 0.05) is 35.0 Å². The minimum absolute atomic E-state index is 0.187. The van der Waals surface area contributed by atoms with E-state index in [1.54, 1.807) is 31.2 Å². The summed E-state index contributed by atoms with van der Waals surface area (Å²) in [5.41, 5.74) is 1.87. The number of nitrogens with one attached hydrogen (secondary N) is 1. The van der Waals surface area contributed by atoms with Crippen LogP contribution in [0.25, 0.3) is 11.0 Å². The third kappa shape index (κ3) is 4.60. The zero-order valence-electron chi connectivity index (χ0n) is 16.0. The van der Waals surface area contributed by atoms with Gasteiger partial charge < -0.3 is 14.1 Å². The zero-order chi connectivity index (χ0) is 21.1. The van der Waals surface area contributed by atoms with Gasteiger partial charge in [0.05, 0.1) is 0 Å². The van der Waals surface area contributed by atoms with Crippen LogP contribution in [-0.2, 0) is 12.4 Å². The molecule has 1 N–H and O–H groups in total. The van der Waals surface area contributed by atoms with Crippen molar-refractivity contribution in [3.05, 3.63) is 98.0 Å². The van der Waals surface area contributed by atoms with E-state index in [4.69, 9.17) is 9.15 Å². The normalized spacial score (nSPS) is 11.0. The smallest absolute Gasteiger partial charge is 0.336 e. The van der Waals surface area contributed by atoms with Crippen molar-refractivity contribution in [1.29, 1.82) is 0 Å². The Balaban J connectivity index is 1.54. The minimum Gasteiger partial charge on any atom is -0.489 e. The van der Waals surface area contributed by atoms with Crippen LogP contribution in [-0.4, -0.2) is 9.97 Å². The number of fused-ring (bicyclic) bond motifs is 1. The van der Waals surface area contributed by atoms with Crippen molar-refractivity contribution in [2.75, 3.05) is 0 Å². The largest absolute Gasteiger partial charge is 0.489 e. The van der Waals surface area contributed by atoms with Crippen molar-refractivity contribution in [3.63, 3.8) is 0 Å². The Kier molecular flexibility index (Phi) is 5.67. The molecule has 4 aromatic rings. The van der Waals surface area contributed by atoms with Crippen molar-refractivity contribution >= 4 is 22.7 Å². The van der Waals surface area contributed by atoms with Gasteiger partial charge in [-0.25, -0.2) is 14.2 Å². The monoisotopic (exact) mass is 424 g/mol. The van der Waals surface area contributed by atoms with Gasteiger partial charge in [0.2, 0.25) is 0 Å². The topological polar surface area (TPSA) is 85.2 Å². The van der Waals surface area contributed by atoms with Crippen LogP contribution >= 0.6 is 11.8 Å². The number of H-pyrrole nitrogens is 1. The number of ether oxygens (including phenoxy) is 1. The second-order valence-corrected chi connectivity index (χ2v) is 7.62. The molecule has 2 heterocycles. The van der Waals surface area contributed by atoms with Gasteiger partial charge in [-0.3, -0.25) is 4.79 Å². The maximum atomic E-state index is 13.0. The average Bonchev–Trinajstić information content (AvgIpc) is 2.73. The molecule has 0 atom stereocenters. The van der Waals surface area contributed by atoms with Crippen molar-refractivity contribution in [2.45, 2.75) is 24.4 Å². The van der Waals surface area contributed by atoms with Crippen molar-refractivity contribution in [3.8, 4) is 5.75 Å². The molecule has 4 rings (SSSR count). The van der Waals surface area contributed by atoms with Crippen molar-refractivity contribution < 1.29 is 13.5 Å². The molecule has 30 heavy (non-hydrogen) atoms. The molecule has 0 aliphatic carbocycles. The highest BCUT2D eigenvalue weighted by atomic mass is 32.2. The van der Waals surface area contributed by atoms with Gasteiger partial charge in [0.25, 0.3) is 5.56 Å². The molecule has 0 aliphatic heterocycles. The summed E-state index contributed by atoms with van der Waals surface area (Å²) in [6.07, 6.45) is 1.52. The van der Waals surface area contributed by atoms with Gasteiger partial charge in [-0.05, 0) is 42.3 Å². The summed E-state index contributed by atoms with van der Waals surface area (Å²) < 4.78 is 24.1. The third-order valence-electron chi connectivity index (χ3n) is 4.44. The molecule has 0 saturated heterocycles. The van der Waals surface area contributed by atoms with E-state index < -0.39 is 5.63 Å². The Morgan fingerprint density at radius 3 is 2.70 bits per heavy atom. The second kappa shape index (κ2) is 8.54. The summed E-state index contributed by atoms with van der Waals surface area (Å²) in [7, 11) is 0. The number of hydrogen-bond acceptors (Lipinski definition) is 6. The van der Waals surface area contributed by atoms with Crippen LogP contribution in [0.5, 0.6) is 5.75 Å². The summed E-state index contributed by atoms with van der Waals surface area (Å²) in [4.78, 5) is 30.6. The lowest BCUT2D eigenvalue weighted by Gasteiger charge is -2.09. The molecule has 0 fully saturated rings. The number of hydrogen-bond donors (Lipinski definition) is 1. The van der Waals surface area contributed by atoms with Crippen LogP contribution in [0.3, 0.4) is 0 Å². The van der Waals surface area contributed by atoms with E-state index in [0.717, 1.165) is 16.5 Å². The van der Waals surface area contributed by atoms with E-state index in [1.807, 2.05) is 6.07 Å². The zero-order valence-corrected chi connectivity index (χ0v) is 16.8. The molecule has 0 unspecified atom stereocenters. The van der Waals surface area contributed by atoms with Crippen LogP contribution in [0, 0.1) is 12.7 Å². The quantitative estimate of drug-likeness (QED) is 0.284. The first-order valence-electron chi connectivity index (χ1n) is 9.11. The number of aromatic nitrogens is 2. The molecule has 2 aromatic heterocycles. The highest BCUT2D eigenvalue weighted by molar-refractivity contribution is 7.98. The molecule has 0 amide bonds. The van der Waals surface area contributed by atoms with Gasteiger partial charge in [-0.2, -0.15) is 0 Å². The van der Waals surface area contributed by atoms with E-state index in [9.17, 15) is 14.0 Å². The fourth-order valence-corrected chi connectivity index (χ4v) is 3.65. The molecule has 2 aromatic carbocycles. The Morgan fingerprint density at radius 2 is 1.93 bits per heavy atom. The lowest BCUT2D eigenvalue weighted by molar-refractivity contribution is 0.306. The lowest BCUT2D eigenvalue weighted by Crippen LogP contribution is -2.11. The van der Waals surface area contributed by atoms with E-state index >= 15 is 0 Å². The SMILES string of the molecule is Cc1cnc(SCc2cc(=O)oc3cc(OCc4ccc(F)cc4)ccc23)[nH]c1=O. The number of benzene rings is 2. The van der Waals surface area contributed by atoms with Crippen LogP contribution in [0.2, 0.25) is 0 Å². The van der Waals surface area contributed by atoms with Crippen LogP contribution < -0.4 is 15.9 Å². The number of aryl methyl sites for hydroxylation is 1. The van der Waals surface area contributed by atoms with E-state index in [-0.39, 0.29) is 18.0 Å². The Hall–Kier alpha value is -3.39. The Labute approximate surface area is 174 Å².